The van der Waals surface area contributed by atoms with Gasteiger partial charge in [-0.1, -0.05) is 0 Å². The molecule has 1 aliphatic heterocycles. The van der Waals surface area contributed by atoms with Crippen molar-refractivity contribution in [2.45, 2.75) is 12.5 Å². The molecule has 1 saturated heterocycles. The number of hydrogen-bond donors (Lipinski definition) is 1. The van der Waals surface area contributed by atoms with Crippen molar-refractivity contribution < 1.29 is 9.47 Å². The number of methoxy groups -OCH3 is 1. The van der Waals surface area contributed by atoms with Gasteiger partial charge in [0.15, 0.2) is 0 Å². The van der Waals surface area contributed by atoms with Crippen LogP contribution in [0.4, 0.5) is 0 Å². The molecular weight excluding hydrogens is 130 g/mol. The summed E-state index contributed by atoms with van der Waals surface area (Å²) in [6.45, 7) is 2.24. The Hall–Kier alpha value is -0.120. The van der Waals surface area contributed by atoms with Crippen LogP contribution in [0.2, 0.25) is 0 Å². The second kappa shape index (κ2) is 3.91. The zero-order chi connectivity index (χ0) is 7.40. The molecule has 0 aromatic heterocycles. The van der Waals surface area contributed by atoms with Gasteiger partial charge < -0.3 is 15.2 Å². The lowest BCUT2D eigenvalue weighted by molar-refractivity contribution is -0.0534. The van der Waals surface area contributed by atoms with Gasteiger partial charge in [0.1, 0.15) is 0 Å². The van der Waals surface area contributed by atoms with Gasteiger partial charge in [-0.25, -0.2) is 0 Å². The molecule has 0 radical (unpaired) electrons. The van der Waals surface area contributed by atoms with Gasteiger partial charge >= 0.3 is 0 Å². The Bertz CT molecular complexity index is 87.6. The van der Waals surface area contributed by atoms with E-state index in [1.807, 2.05) is 0 Å². The van der Waals surface area contributed by atoms with Gasteiger partial charge in [-0.05, 0) is 18.9 Å². The van der Waals surface area contributed by atoms with Gasteiger partial charge in [-0.2, -0.15) is 0 Å². The van der Waals surface area contributed by atoms with Crippen LogP contribution in [-0.2, 0) is 9.47 Å². The predicted octanol–water partition coefficient (Wildman–Crippen LogP) is -0.00340. The summed E-state index contributed by atoms with van der Waals surface area (Å²) in [5, 5.41) is 0. The maximum absolute atomic E-state index is 5.48. The van der Waals surface area contributed by atoms with E-state index in [9.17, 15) is 0 Å². The summed E-state index contributed by atoms with van der Waals surface area (Å²) in [4.78, 5) is 0. The monoisotopic (exact) mass is 145 g/mol. The van der Waals surface area contributed by atoms with Crippen LogP contribution in [0, 0.1) is 5.92 Å². The Balaban J connectivity index is 2.25. The first-order valence-electron chi connectivity index (χ1n) is 3.67. The van der Waals surface area contributed by atoms with Crippen LogP contribution in [0.5, 0.6) is 0 Å². The van der Waals surface area contributed by atoms with Crippen LogP contribution in [0.1, 0.15) is 6.42 Å². The van der Waals surface area contributed by atoms with Crippen molar-refractivity contribution in [1.29, 1.82) is 0 Å². The second-order valence-corrected chi connectivity index (χ2v) is 2.73. The molecule has 0 bridgehead atoms. The zero-order valence-electron chi connectivity index (χ0n) is 6.38. The van der Waals surface area contributed by atoms with E-state index in [1.54, 1.807) is 7.11 Å². The first-order chi connectivity index (χ1) is 4.86. The van der Waals surface area contributed by atoms with Gasteiger partial charge in [0.2, 0.25) is 0 Å². The summed E-state index contributed by atoms with van der Waals surface area (Å²) in [5.74, 6) is 0.499. The van der Waals surface area contributed by atoms with Gasteiger partial charge in [0, 0.05) is 7.11 Å². The highest BCUT2D eigenvalue weighted by molar-refractivity contribution is 4.70. The molecule has 3 heteroatoms. The van der Waals surface area contributed by atoms with Crippen LogP contribution in [0.3, 0.4) is 0 Å². The topological polar surface area (TPSA) is 44.5 Å². The maximum Gasteiger partial charge on any atom is 0.0808 e. The molecule has 0 aromatic carbocycles. The van der Waals surface area contributed by atoms with Gasteiger partial charge in [0.05, 0.1) is 19.3 Å². The molecule has 0 unspecified atom stereocenters. The maximum atomic E-state index is 5.48. The molecule has 1 rings (SSSR count). The van der Waals surface area contributed by atoms with Crippen molar-refractivity contribution in [3.63, 3.8) is 0 Å². The summed E-state index contributed by atoms with van der Waals surface area (Å²) >= 11 is 0. The van der Waals surface area contributed by atoms with E-state index in [0.29, 0.717) is 12.5 Å². The Morgan fingerprint density at radius 2 is 2.40 bits per heavy atom. The molecule has 10 heavy (non-hydrogen) atoms. The van der Waals surface area contributed by atoms with Gasteiger partial charge in [0.25, 0.3) is 0 Å². The van der Waals surface area contributed by atoms with Crippen molar-refractivity contribution in [3.8, 4) is 0 Å². The lowest BCUT2D eigenvalue weighted by Gasteiger charge is -2.27. The highest BCUT2D eigenvalue weighted by Crippen LogP contribution is 2.14. The quantitative estimate of drug-likeness (QED) is 0.594. The molecule has 2 atom stereocenters. The van der Waals surface area contributed by atoms with Gasteiger partial charge in [-0.3, -0.25) is 0 Å². The molecule has 0 aliphatic carbocycles. The smallest absolute Gasteiger partial charge is 0.0808 e. The second-order valence-electron chi connectivity index (χ2n) is 2.73. The third-order valence-corrected chi connectivity index (χ3v) is 1.92. The Morgan fingerprint density at radius 3 is 3.00 bits per heavy atom. The lowest BCUT2D eigenvalue weighted by atomic mass is 10.0. The Morgan fingerprint density at radius 1 is 1.60 bits per heavy atom. The van der Waals surface area contributed by atoms with E-state index in [2.05, 4.69) is 0 Å². The van der Waals surface area contributed by atoms with E-state index in [0.717, 1.165) is 19.6 Å². The van der Waals surface area contributed by atoms with Crippen molar-refractivity contribution in [2.24, 2.45) is 11.7 Å². The third-order valence-electron chi connectivity index (χ3n) is 1.92. The summed E-state index contributed by atoms with van der Waals surface area (Å²) in [6.07, 6.45) is 1.31. The fraction of sp³-hybridized carbons (Fsp3) is 1.00. The number of rotatable bonds is 2. The van der Waals surface area contributed by atoms with E-state index in [4.69, 9.17) is 15.2 Å². The minimum Gasteiger partial charge on any atom is -0.379 e. The first-order valence-corrected chi connectivity index (χ1v) is 3.67. The van der Waals surface area contributed by atoms with Crippen molar-refractivity contribution in [3.05, 3.63) is 0 Å². The largest absolute Gasteiger partial charge is 0.379 e. The van der Waals surface area contributed by atoms with Crippen LogP contribution >= 0.6 is 0 Å². The van der Waals surface area contributed by atoms with Crippen molar-refractivity contribution in [1.82, 2.24) is 0 Å². The fourth-order valence-electron chi connectivity index (χ4n) is 1.20. The molecule has 0 aromatic rings. The van der Waals surface area contributed by atoms with E-state index in [1.165, 1.54) is 0 Å². The van der Waals surface area contributed by atoms with Crippen molar-refractivity contribution >= 4 is 0 Å². The molecule has 2 N–H and O–H groups in total. The van der Waals surface area contributed by atoms with Crippen LogP contribution in [0.15, 0.2) is 0 Å². The number of nitrogens with two attached hydrogens (primary N) is 1. The first kappa shape index (κ1) is 7.98. The highest BCUT2D eigenvalue weighted by atomic mass is 16.5. The van der Waals surface area contributed by atoms with Crippen LogP contribution in [0.25, 0.3) is 0 Å². The fourth-order valence-corrected chi connectivity index (χ4v) is 1.20. The summed E-state index contributed by atoms with van der Waals surface area (Å²) in [6, 6.07) is 0. The lowest BCUT2D eigenvalue weighted by Crippen LogP contribution is -2.34. The SMILES string of the molecule is CO[C@H]1COC[C@@H](CN)C1. The summed E-state index contributed by atoms with van der Waals surface area (Å²) in [5.41, 5.74) is 5.48. The Kier molecular flexibility index (Phi) is 3.12. The third kappa shape index (κ3) is 1.94. The molecule has 1 fully saturated rings. The summed E-state index contributed by atoms with van der Waals surface area (Å²) < 4.78 is 10.4. The van der Waals surface area contributed by atoms with Gasteiger partial charge in [-0.15, -0.1) is 0 Å². The number of ether oxygens (including phenoxy) is 2. The Labute approximate surface area is 61.5 Å². The van der Waals surface area contributed by atoms with Crippen LogP contribution in [-0.4, -0.2) is 33.0 Å². The molecular formula is C7H15NO2. The molecule has 0 saturated carbocycles. The minimum absolute atomic E-state index is 0.266. The normalized spacial score (nSPS) is 34.2. The predicted molar refractivity (Wildman–Crippen MR) is 38.8 cm³/mol. The van der Waals surface area contributed by atoms with Crippen molar-refractivity contribution in [2.75, 3.05) is 26.9 Å². The molecule has 1 aliphatic rings. The molecule has 3 nitrogen and oxygen atoms in total. The molecule has 1 heterocycles. The zero-order valence-corrected chi connectivity index (χ0v) is 6.38. The minimum atomic E-state index is 0.266. The van der Waals surface area contributed by atoms with E-state index >= 15 is 0 Å². The number of hydrogen-bond acceptors (Lipinski definition) is 3. The standard InChI is InChI=1S/C7H15NO2/c1-9-7-2-6(3-8)4-10-5-7/h6-7H,2-5,8H2,1H3/t6-,7-/m1/s1. The molecule has 60 valence electrons. The summed E-state index contributed by atoms with van der Waals surface area (Å²) in [7, 11) is 1.72. The average Bonchev–Trinajstić information content (AvgIpc) is 2.05. The highest BCUT2D eigenvalue weighted by Gasteiger charge is 2.20. The van der Waals surface area contributed by atoms with Crippen LogP contribution < -0.4 is 5.73 Å². The molecule has 0 amide bonds. The van der Waals surface area contributed by atoms with E-state index < -0.39 is 0 Å². The van der Waals surface area contributed by atoms with E-state index in [-0.39, 0.29) is 6.10 Å². The average molecular weight is 145 g/mol. The molecule has 0 spiro atoms.